The summed E-state index contributed by atoms with van der Waals surface area (Å²) in [4.78, 5) is 0. The van der Waals surface area contributed by atoms with E-state index in [4.69, 9.17) is 5.11 Å². The van der Waals surface area contributed by atoms with Crippen molar-refractivity contribution in [3.05, 3.63) is 11.9 Å². The third kappa shape index (κ3) is 4.58. The van der Waals surface area contributed by atoms with E-state index in [0.717, 1.165) is 25.1 Å². The van der Waals surface area contributed by atoms with Gasteiger partial charge in [0.05, 0.1) is 32.4 Å². The summed E-state index contributed by atoms with van der Waals surface area (Å²) in [6, 6.07) is 0. The van der Waals surface area contributed by atoms with Crippen molar-refractivity contribution in [1.82, 2.24) is 15.0 Å². The zero-order chi connectivity index (χ0) is 13.6. The molecule has 0 unspecified atom stereocenters. The minimum atomic E-state index is 0.214. The third-order valence-corrected chi connectivity index (χ3v) is 4.16. The van der Waals surface area contributed by atoms with Gasteiger partial charge in [-0.1, -0.05) is 5.21 Å². The molecule has 0 aromatic carbocycles. The summed E-state index contributed by atoms with van der Waals surface area (Å²) in [5.41, 5.74) is 1.09. The number of nitrogens with zero attached hydrogens (tertiary/aromatic N) is 4. The molecule has 1 aromatic rings. The lowest BCUT2D eigenvalue weighted by molar-refractivity contribution is -0.897. The summed E-state index contributed by atoms with van der Waals surface area (Å²) in [5.74, 6) is 0. The van der Waals surface area contributed by atoms with Gasteiger partial charge in [-0.2, -0.15) is 0 Å². The van der Waals surface area contributed by atoms with E-state index >= 15 is 0 Å². The highest BCUT2D eigenvalue weighted by Gasteiger charge is 2.25. The predicted molar refractivity (Wildman–Crippen MR) is 74.7 cm³/mol. The van der Waals surface area contributed by atoms with E-state index in [9.17, 15) is 0 Å². The second-order valence-corrected chi connectivity index (χ2v) is 6.00. The van der Waals surface area contributed by atoms with E-state index in [1.54, 1.807) is 0 Å². The van der Waals surface area contributed by atoms with E-state index in [-0.39, 0.29) is 6.61 Å². The van der Waals surface area contributed by atoms with Gasteiger partial charge in [-0.3, -0.25) is 4.68 Å². The lowest BCUT2D eigenvalue weighted by Crippen LogP contribution is -2.41. The van der Waals surface area contributed by atoms with Gasteiger partial charge in [-0.25, -0.2) is 0 Å². The highest BCUT2D eigenvalue weighted by Crippen LogP contribution is 2.17. The van der Waals surface area contributed by atoms with Crippen molar-refractivity contribution in [3.8, 4) is 0 Å². The molecule has 1 aromatic heterocycles. The molecule has 5 nitrogen and oxygen atoms in total. The van der Waals surface area contributed by atoms with E-state index < -0.39 is 0 Å². The number of aromatic nitrogens is 3. The van der Waals surface area contributed by atoms with E-state index in [1.165, 1.54) is 49.8 Å². The largest absolute Gasteiger partial charge is 0.396 e. The summed E-state index contributed by atoms with van der Waals surface area (Å²) in [5, 5.41) is 17.0. The second-order valence-electron chi connectivity index (χ2n) is 6.00. The molecule has 1 aliphatic rings. The molecule has 1 aliphatic heterocycles. The van der Waals surface area contributed by atoms with Crippen LogP contribution in [0.15, 0.2) is 6.20 Å². The highest BCUT2D eigenvalue weighted by molar-refractivity contribution is 4.92. The Labute approximate surface area is 115 Å². The van der Waals surface area contributed by atoms with Crippen LogP contribution in [0, 0.1) is 0 Å². The first-order valence-electron chi connectivity index (χ1n) is 7.55. The number of rotatable bonds is 8. The number of unbranched alkanes of at least 4 members (excludes halogenated alkanes) is 1. The van der Waals surface area contributed by atoms with Crippen LogP contribution in [0.3, 0.4) is 0 Å². The van der Waals surface area contributed by atoms with Crippen molar-refractivity contribution >= 4 is 0 Å². The summed E-state index contributed by atoms with van der Waals surface area (Å²) < 4.78 is 3.10. The zero-order valence-corrected chi connectivity index (χ0v) is 12.1. The Morgan fingerprint density at radius 3 is 2.79 bits per heavy atom. The first-order chi connectivity index (χ1) is 9.22. The highest BCUT2D eigenvalue weighted by atomic mass is 16.3. The van der Waals surface area contributed by atoms with Gasteiger partial charge < -0.3 is 9.59 Å². The predicted octanol–water partition coefficient (Wildman–Crippen LogP) is 1.22. The van der Waals surface area contributed by atoms with Crippen LogP contribution in [-0.4, -0.2) is 57.9 Å². The molecule has 0 bridgehead atoms. The minimum absolute atomic E-state index is 0.214. The van der Waals surface area contributed by atoms with Crippen LogP contribution in [0.1, 0.15) is 37.8 Å². The van der Waals surface area contributed by atoms with Crippen LogP contribution < -0.4 is 0 Å². The van der Waals surface area contributed by atoms with Gasteiger partial charge in [0.1, 0.15) is 0 Å². The Morgan fingerprint density at radius 1 is 1.26 bits per heavy atom. The Balaban J connectivity index is 1.63. The standard InChI is InChI=1S/C14H27N4O/c1-18(10-4-5-11-18)9-3-2-7-14-13-17(16-15-14)8-6-12-19/h13,19H,2-12H2,1H3/q+1. The van der Waals surface area contributed by atoms with E-state index in [1.807, 2.05) is 10.9 Å². The summed E-state index contributed by atoms with van der Waals surface area (Å²) in [7, 11) is 2.39. The second kappa shape index (κ2) is 7.01. The van der Waals surface area contributed by atoms with Gasteiger partial charge in [0.25, 0.3) is 0 Å². The van der Waals surface area contributed by atoms with Gasteiger partial charge in [0, 0.05) is 32.2 Å². The molecule has 0 atom stereocenters. The number of hydrogen-bond acceptors (Lipinski definition) is 3. The normalized spacial score (nSPS) is 18.0. The first kappa shape index (κ1) is 14.5. The average Bonchev–Trinajstić information content (AvgIpc) is 3.02. The topological polar surface area (TPSA) is 50.9 Å². The van der Waals surface area contributed by atoms with Gasteiger partial charge in [-0.05, 0) is 25.7 Å². The van der Waals surface area contributed by atoms with Crippen molar-refractivity contribution < 1.29 is 9.59 Å². The maximum Gasteiger partial charge on any atom is 0.0827 e. The van der Waals surface area contributed by atoms with E-state index in [2.05, 4.69) is 17.4 Å². The van der Waals surface area contributed by atoms with Crippen molar-refractivity contribution in [2.45, 2.75) is 45.1 Å². The lowest BCUT2D eigenvalue weighted by atomic mass is 10.2. The molecule has 0 amide bonds. The lowest BCUT2D eigenvalue weighted by Gasteiger charge is -2.29. The molecule has 0 radical (unpaired) electrons. The SMILES string of the molecule is C[N+]1(CCCCc2cn(CCCO)nn2)CCCC1. The molecule has 1 saturated heterocycles. The molecule has 1 N–H and O–H groups in total. The Kier molecular flexibility index (Phi) is 5.34. The Bertz CT molecular complexity index is 371. The first-order valence-corrected chi connectivity index (χ1v) is 7.55. The Hall–Kier alpha value is -0.940. The number of aryl methyl sites for hydroxylation is 2. The number of aliphatic hydroxyl groups is 1. The quantitative estimate of drug-likeness (QED) is 0.569. The van der Waals surface area contributed by atoms with Crippen LogP contribution in [0.25, 0.3) is 0 Å². The summed E-state index contributed by atoms with van der Waals surface area (Å²) in [6.07, 6.45) is 9.07. The maximum atomic E-state index is 8.77. The van der Waals surface area contributed by atoms with Crippen molar-refractivity contribution in [2.24, 2.45) is 0 Å². The fourth-order valence-corrected chi connectivity index (χ4v) is 2.92. The molecule has 5 heteroatoms. The molecule has 108 valence electrons. The Morgan fingerprint density at radius 2 is 2.05 bits per heavy atom. The van der Waals surface area contributed by atoms with Crippen molar-refractivity contribution in [2.75, 3.05) is 33.3 Å². The summed E-state index contributed by atoms with van der Waals surface area (Å²) >= 11 is 0. The van der Waals surface area contributed by atoms with Gasteiger partial charge >= 0.3 is 0 Å². The molecule has 1 fully saturated rings. The molecular formula is C14H27N4O+. The van der Waals surface area contributed by atoms with Gasteiger partial charge in [0.15, 0.2) is 0 Å². The number of likely N-dealkylation sites (tertiary alicyclic amines) is 1. The van der Waals surface area contributed by atoms with Crippen LogP contribution >= 0.6 is 0 Å². The molecular weight excluding hydrogens is 240 g/mol. The van der Waals surface area contributed by atoms with E-state index in [0.29, 0.717) is 0 Å². The monoisotopic (exact) mass is 267 g/mol. The third-order valence-electron chi connectivity index (χ3n) is 4.16. The van der Waals surface area contributed by atoms with Crippen LogP contribution in [0.4, 0.5) is 0 Å². The average molecular weight is 267 g/mol. The number of aliphatic hydroxyl groups excluding tert-OH is 1. The minimum Gasteiger partial charge on any atom is -0.396 e. The maximum absolute atomic E-state index is 8.77. The van der Waals surface area contributed by atoms with Crippen LogP contribution in [0.5, 0.6) is 0 Å². The summed E-state index contributed by atoms with van der Waals surface area (Å²) in [6.45, 7) is 5.00. The number of hydrogen-bond donors (Lipinski definition) is 1. The molecule has 2 heterocycles. The fourth-order valence-electron chi connectivity index (χ4n) is 2.92. The molecule has 2 rings (SSSR count). The van der Waals surface area contributed by atoms with Gasteiger partial charge in [-0.15, -0.1) is 5.10 Å². The smallest absolute Gasteiger partial charge is 0.0827 e. The van der Waals surface area contributed by atoms with Crippen molar-refractivity contribution in [1.29, 1.82) is 0 Å². The zero-order valence-electron chi connectivity index (χ0n) is 12.1. The molecule has 0 spiro atoms. The molecule has 19 heavy (non-hydrogen) atoms. The fraction of sp³-hybridized carbons (Fsp3) is 0.857. The molecule has 0 saturated carbocycles. The number of quaternary nitrogens is 1. The van der Waals surface area contributed by atoms with Gasteiger partial charge in [0.2, 0.25) is 0 Å². The van der Waals surface area contributed by atoms with Crippen molar-refractivity contribution in [3.63, 3.8) is 0 Å². The van der Waals surface area contributed by atoms with Crippen LogP contribution in [-0.2, 0) is 13.0 Å². The molecule has 0 aliphatic carbocycles. The van der Waals surface area contributed by atoms with Crippen LogP contribution in [0.2, 0.25) is 0 Å².